The Bertz CT molecular complexity index is 621. The van der Waals surface area contributed by atoms with E-state index in [4.69, 9.17) is 27.9 Å². The Balaban J connectivity index is 1.64. The van der Waals surface area contributed by atoms with Crippen molar-refractivity contribution in [2.24, 2.45) is 0 Å². The first kappa shape index (κ1) is 16.7. The van der Waals surface area contributed by atoms with Crippen LogP contribution in [0.4, 0.5) is 0 Å². The lowest BCUT2D eigenvalue weighted by Crippen LogP contribution is -2.25. The molecule has 0 aliphatic rings. The molecule has 4 nitrogen and oxygen atoms in total. The number of hydrogen-bond donors (Lipinski definition) is 1. The summed E-state index contributed by atoms with van der Waals surface area (Å²) < 4.78 is 5.54. The van der Waals surface area contributed by atoms with E-state index in [-0.39, 0.29) is 16.1 Å². The lowest BCUT2D eigenvalue weighted by Gasteiger charge is -2.07. The first-order valence-corrected chi connectivity index (χ1v) is 7.63. The zero-order chi connectivity index (χ0) is 15.8. The van der Waals surface area contributed by atoms with Crippen molar-refractivity contribution in [3.8, 4) is 0 Å². The predicted octanol–water partition coefficient (Wildman–Crippen LogP) is 3.73. The molecule has 0 unspecified atom stereocenters. The van der Waals surface area contributed by atoms with Crippen molar-refractivity contribution in [1.82, 2.24) is 10.3 Å². The van der Waals surface area contributed by atoms with Crippen molar-refractivity contribution in [2.45, 2.75) is 13.0 Å². The number of aromatic nitrogens is 1. The van der Waals surface area contributed by atoms with Crippen LogP contribution in [-0.2, 0) is 11.3 Å². The molecule has 0 aliphatic carbocycles. The zero-order valence-corrected chi connectivity index (χ0v) is 13.4. The first-order valence-electron chi connectivity index (χ1n) is 6.88. The van der Waals surface area contributed by atoms with E-state index in [1.165, 1.54) is 12.3 Å². The van der Waals surface area contributed by atoms with Crippen molar-refractivity contribution < 1.29 is 9.53 Å². The summed E-state index contributed by atoms with van der Waals surface area (Å²) in [4.78, 5) is 15.7. The van der Waals surface area contributed by atoms with E-state index >= 15 is 0 Å². The molecule has 0 aliphatic heterocycles. The topological polar surface area (TPSA) is 51.2 Å². The van der Waals surface area contributed by atoms with Crippen LogP contribution in [0.2, 0.25) is 10.2 Å². The summed E-state index contributed by atoms with van der Waals surface area (Å²) in [6.45, 7) is 1.67. The van der Waals surface area contributed by atoms with E-state index < -0.39 is 0 Å². The van der Waals surface area contributed by atoms with Gasteiger partial charge in [0.05, 0.1) is 17.2 Å². The molecule has 116 valence electrons. The fourth-order valence-corrected chi connectivity index (χ4v) is 2.06. The van der Waals surface area contributed by atoms with Crippen LogP contribution in [0.25, 0.3) is 0 Å². The monoisotopic (exact) mass is 338 g/mol. The molecule has 1 amide bonds. The molecule has 1 aromatic carbocycles. The number of rotatable bonds is 7. The highest BCUT2D eigenvalue weighted by molar-refractivity contribution is 6.41. The minimum Gasteiger partial charge on any atom is -0.377 e. The maximum absolute atomic E-state index is 11.9. The smallest absolute Gasteiger partial charge is 0.252 e. The standard InChI is InChI=1S/C16H16Cl2N2O2/c17-14-9-13(10-20-15(14)18)16(21)19-7-4-8-22-11-12-5-2-1-3-6-12/h1-3,5-6,9-10H,4,7-8,11H2,(H,19,21). The maximum atomic E-state index is 11.9. The zero-order valence-electron chi connectivity index (χ0n) is 11.9. The largest absolute Gasteiger partial charge is 0.377 e. The summed E-state index contributed by atoms with van der Waals surface area (Å²) in [6, 6.07) is 11.4. The molecule has 0 saturated carbocycles. The van der Waals surface area contributed by atoms with Crippen molar-refractivity contribution in [3.05, 3.63) is 63.9 Å². The van der Waals surface area contributed by atoms with Crippen molar-refractivity contribution in [1.29, 1.82) is 0 Å². The average molecular weight is 339 g/mol. The maximum Gasteiger partial charge on any atom is 0.252 e. The van der Waals surface area contributed by atoms with Gasteiger partial charge in [0.2, 0.25) is 0 Å². The van der Waals surface area contributed by atoms with Crippen molar-refractivity contribution >= 4 is 29.1 Å². The summed E-state index contributed by atoms with van der Waals surface area (Å²) >= 11 is 11.5. The quantitative estimate of drug-likeness (QED) is 0.618. The van der Waals surface area contributed by atoms with E-state index in [0.29, 0.717) is 25.3 Å². The predicted molar refractivity (Wildman–Crippen MR) is 87.3 cm³/mol. The summed E-state index contributed by atoms with van der Waals surface area (Å²) in [5, 5.41) is 3.24. The summed E-state index contributed by atoms with van der Waals surface area (Å²) in [5.41, 5.74) is 1.52. The molecule has 2 aromatic rings. The van der Waals surface area contributed by atoms with E-state index in [1.807, 2.05) is 30.3 Å². The Labute approximate surface area is 139 Å². The van der Waals surface area contributed by atoms with Gasteiger partial charge in [-0.1, -0.05) is 53.5 Å². The second kappa shape index (κ2) is 8.73. The number of pyridine rings is 1. The lowest BCUT2D eigenvalue weighted by atomic mass is 10.2. The third-order valence-corrected chi connectivity index (χ3v) is 3.61. The molecule has 1 aromatic heterocycles. The highest BCUT2D eigenvalue weighted by atomic mass is 35.5. The van der Waals surface area contributed by atoms with Gasteiger partial charge in [-0.3, -0.25) is 4.79 Å². The van der Waals surface area contributed by atoms with Gasteiger partial charge in [-0.15, -0.1) is 0 Å². The second-order valence-corrected chi connectivity index (χ2v) is 5.41. The van der Waals surface area contributed by atoms with Crippen LogP contribution in [0.3, 0.4) is 0 Å². The van der Waals surface area contributed by atoms with E-state index in [2.05, 4.69) is 10.3 Å². The number of benzene rings is 1. The van der Waals surface area contributed by atoms with Gasteiger partial charge >= 0.3 is 0 Å². The number of halogens is 2. The van der Waals surface area contributed by atoms with Crippen LogP contribution in [-0.4, -0.2) is 24.0 Å². The van der Waals surface area contributed by atoms with Crippen molar-refractivity contribution in [2.75, 3.05) is 13.2 Å². The highest BCUT2D eigenvalue weighted by Gasteiger charge is 2.08. The minimum absolute atomic E-state index is 0.188. The third kappa shape index (κ3) is 5.30. The fourth-order valence-electron chi connectivity index (χ4n) is 1.79. The number of nitrogens with zero attached hydrogens (tertiary/aromatic N) is 1. The Morgan fingerprint density at radius 3 is 2.73 bits per heavy atom. The van der Waals surface area contributed by atoms with Gasteiger partial charge in [0.1, 0.15) is 5.15 Å². The molecule has 1 N–H and O–H groups in total. The normalized spacial score (nSPS) is 10.5. The van der Waals surface area contributed by atoms with Gasteiger partial charge in [-0.25, -0.2) is 4.98 Å². The first-order chi connectivity index (χ1) is 10.7. The Morgan fingerprint density at radius 2 is 2.00 bits per heavy atom. The van der Waals surface area contributed by atoms with Gasteiger partial charge < -0.3 is 10.1 Å². The number of hydrogen-bond acceptors (Lipinski definition) is 3. The summed E-state index contributed by atoms with van der Waals surface area (Å²) in [5.74, 6) is -0.228. The van der Waals surface area contributed by atoms with Gasteiger partial charge in [-0.05, 0) is 18.1 Å². The van der Waals surface area contributed by atoms with Crippen LogP contribution in [0.15, 0.2) is 42.6 Å². The van der Waals surface area contributed by atoms with Gasteiger partial charge in [0.25, 0.3) is 5.91 Å². The minimum atomic E-state index is -0.228. The SMILES string of the molecule is O=C(NCCCOCc1ccccc1)c1cnc(Cl)c(Cl)c1. The molecular formula is C16H16Cl2N2O2. The summed E-state index contributed by atoms with van der Waals surface area (Å²) in [6.07, 6.45) is 2.13. The van der Waals surface area contributed by atoms with Crippen LogP contribution >= 0.6 is 23.2 Å². The Morgan fingerprint density at radius 1 is 1.23 bits per heavy atom. The lowest BCUT2D eigenvalue weighted by molar-refractivity contribution is 0.0934. The van der Waals surface area contributed by atoms with Gasteiger partial charge in [0, 0.05) is 19.3 Å². The molecule has 0 spiro atoms. The molecule has 0 saturated heterocycles. The molecule has 1 heterocycles. The molecule has 2 rings (SSSR count). The number of ether oxygens (including phenoxy) is 1. The van der Waals surface area contributed by atoms with Crippen LogP contribution in [0.1, 0.15) is 22.3 Å². The molecule has 0 atom stereocenters. The Kier molecular flexibility index (Phi) is 6.65. The van der Waals surface area contributed by atoms with E-state index in [9.17, 15) is 4.79 Å². The van der Waals surface area contributed by atoms with Gasteiger partial charge in [0.15, 0.2) is 0 Å². The molecule has 22 heavy (non-hydrogen) atoms. The molecule has 0 radical (unpaired) electrons. The van der Waals surface area contributed by atoms with Crippen LogP contribution < -0.4 is 5.32 Å². The summed E-state index contributed by atoms with van der Waals surface area (Å²) in [7, 11) is 0. The van der Waals surface area contributed by atoms with Crippen molar-refractivity contribution in [3.63, 3.8) is 0 Å². The van der Waals surface area contributed by atoms with E-state index in [1.54, 1.807) is 0 Å². The molecule has 0 fully saturated rings. The number of amides is 1. The third-order valence-electron chi connectivity index (χ3n) is 2.92. The molecule has 6 heteroatoms. The van der Waals surface area contributed by atoms with Gasteiger partial charge in [-0.2, -0.15) is 0 Å². The Hall–Kier alpha value is -1.62. The average Bonchev–Trinajstić information content (AvgIpc) is 2.54. The van der Waals surface area contributed by atoms with E-state index in [0.717, 1.165) is 12.0 Å². The number of nitrogens with one attached hydrogen (secondary N) is 1. The fraction of sp³-hybridized carbons (Fsp3) is 0.250. The highest BCUT2D eigenvalue weighted by Crippen LogP contribution is 2.19. The second-order valence-electron chi connectivity index (χ2n) is 4.64. The van der Waals surface area contributed by atoms with Crippen LogP contribution in [0, 0.1) is 0 Å². The van der Waals surface area contributed by atoms with Crippen LogP contribution in [0.5, 0.6) is 0 Å². The number of carbonyl (C=O) groups excluding carboxylic acids is 1. The molecule has 0 bridgehead atoms. The molecular weight excluding hydrogens is 323 g/mol. The number of carbonyl (C=O) groups is 1.